The normalized spacial score (nSPS) is 10.1. The SMILES string of the molecule is CCN(CC)C(=O)Cc1ccc([N+](=O)[O-])c(OC)c1. The van der Waals surface area contributed by atoms with Gasteiger partial charge in [0.25, 0.3) is 0 Å². The Kier molecular flexibility index (Phi) is 5.29. The molecule has 0 fully saturated rings. The zero-order valence-corrected chi connectivity index (χ0v) is 11.4. The van der Waals surface area contributed by atoms with Crippen molar-refractivity contribution in [1.29, 1.82) is 0 Å². The van der Waals surface area contributed by atoms with Crippen molar-refractivity contribution < 1.29 is 14.5 Å². The molecule has 104 valence electrons. The summed E-state index contributed by atoms with van der Waals surface area (Å²) < 4.78 is 4.98. The average Bonchev–Trinajstić information content (AvgIpc) is 2.39. The molecule has 6 heteroatoms. The number of nitrogens with zero attached hydrogens (tertiary/aromatic N) is 2. The van der Waals surface area contributed by atoms with Gasteiger partial charge in [-0.1, -0.05) is 6.07 Å². The Labute approximate surface area is 112 Å². The number of carbonyl (C=O) groups is 1. The van der Waals surface area contributed by atoms with E-state index in [0.717, 1.165) is 0 Å². The first-order chi connectivity index (χ1) is 9.03. The van der Waals surface area contributed by atoms with Gasteiger partial charge in [-0.25, -0.2) is 0 Å². The number of likely N-dealkylation sites (N-methyl/N-ethyl adjacent to an activating group) is 1. The summed E-state index contributed by atoms with van der Waals surface area (Å²) in [5.41, 5.74) is 0.612. The monoisotopic (exact) mass is 266 g/mol. The van der Waals surface area contributed by atoms with E-state index in [4.69, 9.17) is 4.74 Å². The molecule has 0 bridgehead atoms. The van der Waals surface area contributed by atoms with Crippen molar-refractivity contribution >= 4 is 11.6 Å². The van der Waals surface area contributed by atoms with Crippen LogP contribution in [0.15, 0.2) is 18.2 Å². The number of benzene rings is 1. The van der Waals surface area contributed by atoms with E-state index in [1.54, 1.807) is 17.0 Å². The van der Waals surface area contributed by atoms with Gasteiger partial charge in [0.05, 0.1) is 18.5 Å². The van der Waals surface area contributed by atoms with Crippen molar-refractivity contribution in [2.24, 2.45) is 0 Å². The number of rotatable bonds is 6. The average molecular weight is 266 g/mol. The second-order valence-corrected chi connectivity index (χ2v) is 4.01. The summed E-state index contributed by atoms with van der Waals surface area (Å²) in [6.45, 7) is 5.13. The van der Waals surface area contributed by atoms with E-state index in [0.29, 0.717) is 18.7 Å². The van der Waals surface area contributed by atoms with Crippen LogP contribution in [-0.2, 0) is 11.2 Å². The number of ether oxygens (including phenoxy) is 1. The van der Waals surface area contributed by atoms with Crippen LogP contribution in [-0.4, -0.2) is 35.9 Å². The minimum absolute atomic E-state index is 0.000839. The minimum atomic E-state index is -0.505. The molecule has 6 nitrogen and oxygen atoms in total. The third kappa shape index (κ3) is 3.67. The fourth-order valence-corrected chi connectivity index (χ4v) is 1.85. The van der Waals surface area contributed by atoms with E-state index in [1.165, 1.54) is 13.2 Å². The number of hydrogen-bond acceptors (Lipinski definition) is 4. The molecule has 0 radical (unpaired) electrons. The Bertz CT molecular complexity index is 470. The molecular weight excluding hydrogens is 248 g/mol. The Hall–Kier alpha value is -2.11. The molecule has 1 aromatic carbocycles. The van der Waals surface area contributed by atoms with Crippen LogP contribution < -0.4 is 4.74 Å². The van der Waals surface area contributed by atoms with Crippen LogP contribution >= 0.6 is 0 Å². The van der Waals surface area contributed by atoms with Gasteiger partial charge in [0, 0.05) is 19.2 Å². The minimum Gasteiger partial charge on any atom is -0.490 e. The fraction of sp³-hybridized carbons (Fsp3) is 0.462. The molecule has 1 amide bonds. The Morgan fingerprint density at radius 3 is 2.47 bits per heavy atom. The maximum absolute atomic E-state index is 11.9. The summed E-state index contributed by atoms with van der Waals surface area (Å²) >= 11 is 0. The lowest BCUT2D eigenvalue weighted by atomic mass is 10.1. The molecule has 0 saturated carbocycles. The first-order valence-electron chi connectivity index (χ1n) is 6.12. The molecule has 0 aliphatic rings. The maximum atomic E-state index is 11.9. The van der Waals surface area contributed by atoms with Gasteiger partial charge in [0.15, 0.2) is 5.75 Å². The van der Waals surface area contributed by atoms with E-state index in [2.05, 4.69) is 0 Å². The number of nitro benzene ring substituents is 1. The van der Waals surface area contributed by atoms with Crippen molar-refractivity contribution in [2.75, 3.05) is 20.2 Å². The molecule has 0 spiro atoms. The second-order valence-electron chi connectivity index (χ2n) is 4.01. The first kappa shape index (κ1) is 14.9. The highest BCUT2D eigenvalue weighted by atomic mass is 16.6. The zero-order valence-electron chi connectivity index (χ0n) is 11.4. The summed E-state index contributed by atoms with van der Waals surface area (Å²) in [4.78, 5) is 23.9. The molecule has 0 N–H and O–H groups in total. The molecule has 0 atom stereocenters. The zero-order chi connectivity index (χ0) is 14.4. The van der Waals surface area contributed by atoms with Gasteiger partial charge in [-0.3, -0.25) is 14.9 Å². The molecular formula is C13H18N2O4. The van der Waals surface area contributed by atoms with Crippen LogP contribution in [0.3, 0.4) is 0 Å². The Morgan fingerprint density at radius 1 is 1.37 bits per heavy atom. The molecule has 1 rings (SSSR count). The predicted molar refractivity (Wildman–Crippen MR) is 71.3 cm³/mol. The summed E-state index contributed by atoms with van der Waals surface area (Å²) in [5, 5.41) is 10.8. The highest BCUT2D eigenvalue weighted by Crippen LogP contribution is 2.27. The van der Waals surface area contributed by atoms with Gasteiger partial charge in [0.1, 0.15) is 0 Å². The first-order valence-corrected chi connectivity index (χ1v) is 6.12. The van der Waals surface area contributed by atoms with Crippen molar-refractivity contribution in [3.05, 3.63) is 33.9 Å². The molecule has 0 saturated heterocycles. The Morgan fingerprint density at radius 2 is 2.00 bits per heavy atom. The molecule has 1 aromatic rings. The topological polar surface area (TPSA) is 72.7 Å². The van der Waals surface area contributed by atoms with Crippen LogP contribution in [0.4, 0.5) is 5.69 Å². The molecule has 0 unspecified atom stereocenters. The lowest BCUT2D eigenvalue weighted by Gasteiger charge is -2.18. The van der Waals surface area contributed by atoms with Gasteiger partial charge < -0.3 is 9.64 Å². The van der Waals surface area contributed by atoms with Crippen LogP contribution in [0.25, 0.3) is 0 Å². The third-order valence-corrected chi connectivity index (χ3v) is 2.91. The van der Waals surface area contributed by atoms with Crippen LogP contribution in [0.1, 0.15) is 19.4 Å². The summed E-state index contributed by atoms with van der Waals surface area (Å²) in [6.07, 6.45) is 0.218. The van der Waals surface area contributed by atoms with Gasteiger partial charge >= 0.3 is 5.69 Å². The van der Waals surface area contributed by atoms with Crippen LogP contribution in [0.5, 0.6) is 5.75 Å². The molecule has 0 heterocycles. The maximum Gasteiger partial charge on any atom is 0.310 e. The van der Waals surface area contributed by atoms with E-state index in [1.807, 2.05) is 13.8 Å². The van der Waals surface area contributed by atoms with Gasteiger partial charge in [-0.2, -0.15) is 0 Å². The summed E-state index contributed by atoms with van der Waals surface area (Å²) in [5.74, 6) is 0.177. The highest BCUT2D eigenvalue weighted by molar-refractivity contribution is 5.79. The molecule has 19 heavy (non-hydrogen) atoms. The highest BCUT2D eigenvalue weighted by Gasteiger charge is 2.17. The smallest absolute Gasteiger partial charge is 0.310 e. The lowest BCUT2D eigenvalue weighted by Crippen LogP contribution is -2.31. The third-order valence-electron chi connectivity index (χ3n) is 2.91. The lowest BCUT2D eigenvalue weighted by molar-refractivity contribution is -0.385. The quantitative estimate of drug-likeness (QED) is 0.583. The summed E-state index contributed by atoms with van der Waals surface area (Å²) in [6, 6.07) is 4.49. The molecule has 0 aliphatic heterocycles. The van der Waals surface area contributed by atoms with Gasteiger partial charge in [-0.15, -0.1) is 0 Å². The largest absolute Gasteiger partial charge is 0.490 e. The standard InChI is InChI=1S/C13H18N2O4/c1-4-14(5-2)13(16)9-10-6-7-11(15(17)18)12(8-10)19-3/h6-8H,4-5,9H2,1-3H3. The van der Waals surface area contributed by atoms with Crippen molar-refractivity contribution in [1.82, 2.24) is 4.90 Å². The van der Waals surface area contributed by atoms with Gasteiger partial charge in [-0.05, 0) is 25.5 Å². The van der Waals surface area contributed by atoms with E-state index in [9.17, 15) is 14.9 Å². The van der Waals surface area contributed by atoms with Gasteiger partial charge in [0.2, 0.25) is 5.91 Å². The van der Waals surface area contributed by atoms with Crippen molar-refractivity contribution in [3.8, 4) is 5.75 Å². The van der Waals surface area contributed by atoms with E-state index in [-0.39, 0.29) is 23.8 Å². The molecule has 0 aliphatic carbocycles. The summed E-state index contributed by atoms with van der Waals surface area (Å²) in [7, 11) is 1.37. The van der Waals surface area contributed by atoms with Crippen molar-refractivity contribution in [3.63, 3.8) is 0 Å². The van der Waals surface area contributed by atoms with Crippen molar-refractivity contribution in [2.45, 2.75) is 20.3 Å². The number of methoxy groups -OCH3 is 1. The van der Waals surface area contributed by atoms with E-state index < -0.39 is 4.92 Å². The fourth-order valence-electron chi connectivity index (χ4n) is 1.85. The second kappa shape index (κ2) is 6.72. The predicted octanol–water partition coefficient (Wildman–Crippen LogP) is 2.01. The number of carbonyl (C=O) groups excluding carboxylic acids is 1. The number of nitro groups is 1. The number of amides is 1. The Balaban J connectivity index is 2.91. The molecule has 0 aromatic heterocycles. The number of hydrogen-bond donors (Lipinski definition) is 0. The van der Waals surface area contributed by atoms with E-state index >= 15 is 0 Å². The van der Waals surface area contributed by atoms with Crippen LogP contribution in [0, 0.1) is 10.1 Å². The van der Waals surface area contributed by atoms with Crippen LogP contribution in [0.2, 0.25) is 0 Å².